The molecule has 0 saturated carbocycles. The summed E-state index contributed by atoms with van der Waals surface area (Å²) in [7, 11) is 0. The summed E-state index contributed by atoms with van der Waals surface area (Å²) >= 11 is 1.63. The molecule has 9 heteroatoms. The molecular formula is C31H37N7OS. The van der Waals surface area contributed by atoms with Crippen molar-refractivity contribution in [2.24, 2.45) is 0 Å². The van der Waals surface area contributed by atoms with E-state index in [-0.39, 0.29) is 5.43 Å². The molecule has 208 valence electrons. The molecule has 0 spiro atoms. The zero-order chi connectivity index (χ0) is 28.1. The molecule has 1 aliphatic heterocycles. The Morgan fingerprint density at radius 3 is 2.75 bits per heavy atom. The number of pyridine rings is 2. The molecule has 5 heterocycles. The van der Waals surface area contributed by atoms with Gasteiger partial charge in [0.2, 0.25) is 5.43 Å². The first-order chi connectivity index (χ1) is 19.6. The van der Waals surface area contributed by atoms with E-state index in [1.807, 2.05) is 45.0 Å². The van der Waals surface area contributed by atoms with Gasteiger partial charge in [-0.1, -0.05) is 39.0 Å². The molecule has 0 amide bonds. The first kappa shape index (κ1) is 27.7. The van der Waals surface area contributed by atoms with Gasteiger partial charge in [-0.05, 0) is 50.6 Å². The van der Waals surface area contributed by atoms with Gasteiger partial charge in [-0.2, -0.15) is 0 Å². The van der Waals surface area contributed by atoms with E-state index in [0.29, 0.717) is 23.1 Å². The highest BCUT2D eigenvalue weighted by Gasteiger charge is 2.22. The Balaban J connectivity index is 0.00000158. The summed E-state index contributed by atoms with van der Waals surface area (Å²) in [5, 5.41) is 7.58. The van der Waals surface area contributed by atoms with E-state index in [9.17, 15) is 4.79 Å². The van der Waals surface area contributed by atoms with E-state index in [2.05, 4.69) is 55.0 Å². The summed E-state index contributed by atoms with van der Waals surface area (Å²) in [6.45, 7) is 12.3. The Hall–Kier alpha value is -3.82. The molecule has 0 radical (unpaired) electrons. The Morgan fingerprint density at radius 2 is 1.95 bits per heavy atom. The van der Waals surface area contributed by atoms with Crippen molar-refractivity contribution < 1.29 is 0 Å². The number of allylic oxidation sites excluding steroid dienone is 1. The van der Waals surface area contributed by atoms with Crippen molar-refractivity contribution >= 4 is 48.9 Å². The second kappa shape index (κ2) is 12.6. The molecule has 0 atom stereocenters. The zero-order valence-electron chi connectivity index (χ0n) is 23.7. The van der Waals surface area contributed by atoms with E-state index in [4.69, 9.17) is 4.98 Å². The maximum Gasteiger partial charge on any atom is 0.201 e. The van der Waals surface area contributed by atoms with Gasteiger partial charge >= 0.3 is 0 Å². The highest BCUT2D eigenvalue weighted by molar-refractivity contribution is 7.24. The third-order valence-corrected chi connectivity index (χ3v) is 8.05. The average molecular weight is 556 g/mol. The van der Waals surface area contributed by atoms with Crippen LogP contribution in [-0.4, -0.2) is 45.5 Å². The van der Waals surface area contributed by atoms with Crippen molar-refractivity contribution in [1.29, 1.82) is 0 Å². The van der Waals surface area contributed by atoms with Crippen molar-refractivity contribution in [2.75, 3.05) is 31.1 Å². The topological polar surface area (TPSA) is 87.5 Å². The van der Waals surface area contributed by atoms with Gasteiger partial charge in [0.1, 0.15) is 10.6 Å². The fourth-order valence-corrected chi connectivity index (χ4v) is 6.23. The smallest absolute Gasteiger partial charge is 0.201 e. The third-order valence-electron chi connectivity index (χ3n) is 6.91. The number of aryl methyl sites for hydroxylation is 1. The van der Waals surface area contributed by atoms with Gasteiger partial charge in [0.25, 0.3) is 0 Å². The van der Waals surface area contributed by atoms with Crippen LogP contribution in [0.4, 0.5) is 5.82 Å². The van der Waals surface area contributed by atoms with E-state index in [1.165, 1.54) is 0 Å². The Bertz CT molecular complexity index is 1700. The molecule has 5 aromatic rings. The highest BCUT2D eigenvalue weighted by Crippen LogP contribution is 2.33. The number of rotatable bonds is 6. The van der Waals surface area contributed by atoms with Gasteiger partial charge in [0, 0.05) is 31.5 Å². The van der Waals surface area contributed by atoms with E-state index < -0.39 is 0 Å². The molecule has 1 aliphatic rings. The molecule has 40 heavy (non-hydrogen) atoms. The highest BCUT2D eigenvalue weighted by atomic mass is 32.1. The lowest BCUT2D eigenvalue weighted by Crippen LogP contribution is -2.29. The molecule has 0 aliphatic carbocycles. The summed E-state index contributed by atoms with van der Waals surface area (Å²) in [4.78, 5) is 31.3. The molecule has 0 bridgehead atoms. The van der Waals surface area contributed by atoms with E-state index in [0.717, 1.165) is 77.0 Å². The minimum atomic E-state index is -0.00895. The van der Waals surface area contributed by atoms with Crippen LogP contribution in [0, 0.1) is 6.92 Å². The van der Waals surface area contributed by atoms with Crippen LogP contribution in [0.3, 0.4) is 0 Å². The molecule has 1 saturated heterocycles. The molecule has 0 unspecified atom stereocenters. The molecule has 1 fully saturated rings. The van der Waals surface area contributed by atoms with E-state index >= 15 is 0 Å². The fraction of sp³-hybridized carbons (Fsp3) is 0.355. The van der Waals surface area contributed by atoms with Crippen LogP contribution in [0.5, 0.6) is 0 Å². The van der Waals surface area contributed by atoms with Crippen molar-refractivity contribution in [3.63, 3.8) is 0 Å². The quantitative estimate of drug-likeness (QED) is 0.285. The summed E-state index contributed by atoms with van der Waals surface area (Å²) in [6, 6.07) is 12.2. The third kappa shape index (κ3) is 5.44. The number of nitrogens with one attached hydrogen (secondary N) is 2. The fourth-order valence-electron chi connectivity index (χ4n) is 5.03. The van der Waals surface area contributed by atoms with Crippen LogP contribution >= 0.6 is 11.3 Å². The number of nitrogens with zero attached hydrogens (tertiary/aromatic N) is 5. The molecular weight excluding hydrogens is 518 g/mol. The summed E-state index contributed by atoms with van der Waals surface area (Å²) < 4.78 is 3.29. The maximum atomic E-state index is 14.2. The monoisotopic (exact) mass is 555 g/mol. The summed E-state index contributed by atoms with van der Waals surface area (Å²) in [5.74, 6) is 0.915. The number of fused-ring (bicyclic) bond motifs is 5. The molecule has 8 nitrogen and oxygen atoms in total. The number of hydrogen-bond donors (Lipinski definition) is 2. The first-order valence-electron chi connectivity index (χ1n) is 14.2. The normalized spacial score (nSPS) is 14.3. The summed E-state index contributed by atoms with van der Waals surface area (Å²) in [6.07, 6.45) is 7.48. The van der Waals surface area contributed by atoms with Crippen LogP contribution in [0.1, 0.15) is 50.6 Å². The molecule has 2 N–H and O–H groups in total. The van der Waals surface area contributed by atoms with Gasteiger partial charge in [-0.15, -0.1) is 11.3 Å². The lowest BCUT2D eigenvalue weighted by molar-refractivity contribution is 0.724. The van der Waals surface area contributed by atoms with Crippen molar-refractivity contribution in [2.45, 2.75) is 47.1 Å². The van der Waals surface area contributed by atoms with Crippen LogP contribution in [0.25, 0.3) is 31.8 Å². The maximum absolute atomic E-state index is 14.2. The minimum Gasteiger partial charge on any atom is -0.379 e. The second-order valence-corrected chi connectivity index (χ2v) is 10.6. The minimum absolute atomic E-state index is 0.00895. The summed E-state index contributed by atoms with van der Waals surface area (Å²) in [5.41, 5.74) is 4.95. The van der Waals surface area contributed by atoms with Gasteiger partial charge in [-0.25, -0.2) is 4.98 Å². The predicted octanol–water partition coefficient (Wildman–Crippen LogP) is 5.53. The first-order valence-corrected chi connectivity index (χ1v) is 15.0. The van der Waals surface area contributed by atoms with Crippen LogP contribution in [0.2, 0.25) is 0 Å². The number of para-hydroxylation sites is 1. The Kier molecular flexibility index (Phi) is 8.72. The molecule has 6 rings (SSSR count). The lowest BCUT2D eigenvalue weighted by Gasteiger charge is -2.21. The van der Waals surface area contributed by atoms with Gasteiger partial charge in [-0.3, -0.25) is 19.2 Å². The van der Waals surface area contributed by atoms with E-state index in [1.54, 1.807) is 23.7 Å². The molecule has 1 aromatic carbocycles. The van der Waals surface area contributed by atoms with Crippen molar-refractivity contribution in [1.82, 2.24) is 30.0 Å². The zero-order valence-corrected chi connectivity index (χ0v) is 24.5. The second-order valence-electron chi connectivity index (χ2n) is 9.57. The SMILES string of the molecule is CC.CC/C=C(/NCc1cnc(C)cn1)c1c(=O)c2ccc(N3CCCNCC3)nc2n2c1sc1ccccc12. The number of anilines is 1. The standard InChI is InChI=1S/C29H31N7OS.C2H6/c1-3-7-22(33-18-20-17-31-19(2)16-32-20)26-27(37)21-10-11-25(35-14-6-12-30-13-15-35)34-28(21)36-23-8-4-5-9-24(23)38-29(26)36;1-2/h4-5,7-11,16-17,30,33H,3,6,12-15,18H2,1-2H3;1-2H3/b22-7+;. The Morgan fingerprint density at radius 1 is 1.10 bits per heavy atom. The lowest BCUT2D eigenvalue weighted by atomic mass is 10.1. The largest absolute Gasteiger partial charge is 0.379 e. The van der Waals surface area contributed by atoms with Crippen molar-refractivity contribution in [3.8, 4) is 0 Å². The number of benzene rings is 1. The number of hydrogen-bond acceptors (Lipinski definition) is 8. The predicted molar refractivity (Wildman–Crippen MR) is 167 cm³/mol. The van der Waals surface area contributed by atoms with Crippen LogP contribution in [-0.2, 0) is 6.54 Å². The van der Waals surface area contributed by atoms with Gasteiger partial charge < -0.3 is 15.5 Å². The van der Waals surface area contributed by atoms with Crippen LogP contribution in [0.15, 0.2) is 59.7 Å². The average Bonchev–Trinajstić information content (AvgIpc) is 3.16. The van der Waals surface area contributed by atoms with Crippen molar-refractivity contribution in [3.05, 3.63) is 82.0 Å². The van der Waals surface area contributed by atoms with Gasteiger partial charge in [0.15, 0.2) is 5.65 Å². The Labute approximate surface area is 238 Å². The van der Waals surface area contributed by atoms with Gasteiger partial charge in [0.05, 0.1) is 45.3 Å². The molecule has 4 aromatic heterocycles. The number of thiazole rings is 1. The number of aromatic nitrogens is 4. The van der Waals surface area contributed by atoms with Crippen LogP contribution < -0.4 is 21.0 Å².